The van der Waals surface area contributed by atoms with Crippen LogP contribution >= 0.6 is 0 Å². The van der Waals surface area contributed by atoms with Gasteiger partial charge in [-0.15, -0.1) is 6.58 Å². The van der Waals surface area contributed by atoms with E-state index < -0.39 is 0 Å². The molecule has 0 saturated heterocycles. The number of hydrogen-bond donors (Lipinski definition) is 1. The summed E-state index contributed by atoms with van der Waals surface area (Å²) in [5.41, 5.74) is 5.66. The molecule has 0 aliphatic heterocycles. The number of nitrogens with two attached hydrogens (primary N) is 1. The number of Topliss-reactive ketones (excluding diaryl/α,β-unsaturated/α-hetero) is 1. The predicted molar refractivity (Wildman–Crippen MR) is 53.5 cm³/mol. The Morgan fingerprint density at radius 1 is 1.69 bits per heavy atom. The second-order valence-corrected chi connectivity index (χ2v) is 3.04. The van der Waals surface area contributed by atoms with E-state index in [1.54, 1.807) is 13.2 Å². The van der Waals surface area contributed by atoms with Crippen molar-refractivity contribution in [1.29, 1.82) is 0 Å². The van der Waals surface area contributed by atoms with Crippen LogP contribution < -0.4 is 5.73 Å². The quantitative estimate of drug-likeness (QED) is 0.458. The molecule has 0 aromatic carbocycles. The molecule has 0 amide bonds. The monoisotopic (exact) mass is 185 g/mol. The maximum Gasteiger partial charge on any atom is 0.149 e. The predicted octanol–water partition coefficient (Wildman–Crippen LogP) is 1.28. The van der Waals surface area contributed by atoms with Crippen LogP contribution in [0.1, 0.15) is 25.7 Å². The van der Waals surface area contributed by atoms with Gasteiger partial charge in [-0.1, -0.05) is 6.08 Å². The van der Waals surface area contributed by atoms with Gasteiger partial charge in [0.15, 0.2) is 0 Å². The maximum atomic E-state index is 11.3. The van der Waals surface area contributed by atoms with Gasteiger partial charge in [-0.2, -0.15) is 0 Å². The molecule has 0 aromatic rings. The van der Waals surface area contributed by atoms with Crippen LogP contribution in [0.5, 0.6) is 0 Å². The van der Waals surface area contributed by atoms with Crippen molar-refractivity contribution in [3.05, 3.63) is 12.7 Å². The highest BCUT2D eigenvalue weighted by molar-refractivity contribution is 5.83. The molecule has 0 aliphatic carbocycles. The van der Waals surface area contributed by atoms with E-state index in [-0.39, 0.29) is 11.8 Å². The summed E-state index contributed by atoms with van der Waals surface area (Å²) in [6, 6.07) is -0.324. The summed E-state index contributed by atoms with van der Waals surface area (Å²) in [5, 5.41) is 0. The minimum Gasteiger partial charge on any atom is -0.385 e. The van der Waals surface area contributed by atoms with Gasteiger partial charge in [0.25, 0.3) is 0 Å². The Labute approximate surface area is 79.9 Å². The van der Waals surface area contributed by atoms with Gasteiger partial charge in [0.05, 0.1) is 6.04 Å². The average Bonchev–Trinajstić information content (AvgIpc) is 2.14. The van der Waals surface area contributed by atoms with Crippen molar-refractivity contribution in [2.45, 2.75) is 31.7 Å². The first-order valence-electron chi connectivity index (χ1n) is 4.60. The molecule has 1 atom stereocenters. The summed E-state index contributed by atoms with van der Waals surface area (Å²) < 4.78 is 4.87. The molecule has 0 saturated carbocycles. The number of ketones is 1. The van der Waals surface area contributed by atoms with Gasteiger partial charge in [0.2, 0.25) is 0 Å². The van der Waals surface area contributed by atoms with Crippen molar-refractivity contribution in [2.75, 3.05) is 13.7 Å². The van der Waals surface area contributed by atoms with Crippen molar-refractivity contribution in [3.8, 4) is 0 Å². The van der Waals surface area contributed by atoms with Gasteiger partial charge < -0.3 is 10.5 Å². The molecule has 0 aromatic heterocycles. The summed E-state index contributed by atoms with van der Waals surface area (Å²) in [6.45, 7) is 4.22. The summed E-state index contributed by atoms with van der Waals surface area (Å²) in [7, 11) is 1.64. The normalized spacial score (nSPS) is 12.5. The van der Waals surface area contributed by atoms with E-state index >= 15 is 0 Å². The third-order valence-corrected chi connectivity index (χ3v) is 1.87. The second kappa shape index (κ2) is 7.95. The lowest BCUT2D eigenvalue weighted by atomic mass is 10.0. The molecule has 0 aliphatic rings. The van der Waals surface area contributed by atoms with Gasteiger partial charge in [0.1, 0.15) is 5.78 Å². The van der Waals surface area contributed by atoms with E-state index in [1.807, 2.05) is 0 Å². The van der Waals surface area contributed by atoms with E-state index in [0.717, 1.165) is 12.8 Å². The van der Waals surface area contributed by atoms with E-state index in [1.165, 1.54) is 0 Å². The van der Waals surface area contributed by atoms with Crippen LogP contribution in [0.3, 0.4) is 0 Å². The Bertz CT molecular complexity index is 157. The van der Waals surface area contributed by atoms with Gasteiger partial charge in [-0.25, -0.2) is 0 Å². The summed E-state index contributed by atoms with van der Waals surface area (Å²) in [4.78, 5) is 11.3. The first kappa shape index (κ1) is 12.3. The topological polar surface area (TPSA) is 52.3 Å². The Kier molecular flexibility index (Phi) is 7.54. The van der Waals surface area contributed by atoms with Crippen LogP contribution in [-0.4, -0.2) is 25.5 Å². The molecule has 76 valence electrons. The SMILES string of the molecule is C=CCCC(=O)C(N)CCCOC. The number of ether oxygens (including phenoxy) is 1. The van der Waals surface area contributed by atoms with E-state index in [4.69, 9.17) is 10.5 Å². The highest BCUT2D eigenvalue weighted by Gasteiger charge is 2.11. The smallest absolute Gasteiger partial charge is 0.149 e. The molecule has 3 heteroatoms. The fraction of sp³-hybridized carbons (Fsp3) is 0.700. The summed E-state index contributed by atoms with van der Waals surface area (Å²) >= 11 is 0. The minimum absolute atomic E-state index is 0.121. The van der Waals surface area contributed by atoms with Crippen LogP contribution in [0.15, 0.2) is 12.7 Å². The summed E-state index contributed by atoms with van der Waals surface area (Å²) in [6.07, 6.45) is 4.52. The first-order valence-corrected chi connectivity index (χ1v) is 4.60. The van der Waals surface area contributed by atoms with Crippen LogP contribution in [0, 0.1) is 0 Å². The molecular formula is C10H19NO2. The number of carbonyl (C=O) groups excluding carboxylic acids is 1. The third kappa shape index (κ3) is 6.49. The number of rotatable bonds is 8. The van der Waals surface area contributed by atoms with Crippen molar-refractivity contribution in [2.24, 2.45) is 5.73 Å². The number of carbonyl (C=O) groups is 1. The van der Waals surface area contributed by atoms with Crippen molar-refractivity contribution >= 4 is 5.78 Å². The Balaban J connectivity index is 3.50. The lowest BCUT2D eigenvalue weighted by molar-refractivity contribution is -0.120. The van der Waals surface area contributed by atoms with Crippen molar-refractivity contribution < 1.29 is 9.53 Å². The summed E-state index contributed by atoms with van der Waals surface area (Å²) in [5.74, 6) is 0.121. The third-order valence-electron chi connectivity index (χ3n) is 1.87. The van der Waals surface area contributed by atoms with Crippen LogP contribution in [0.25, 0.3) is 0 Å². The van der Waals surface area contributed by atoms with Crippen molar-refractivity contribution in [3.63, 3.8) is 0 Å². The molecule has 0 bridgehead atoms. The standard InChI is InChI=1S/C10H19NO2/c1-3-4-7-10(12)9(11)6-5-8-13-2/h3,9H,1,4-8,11H2,2H3. The molecule has 2 N–H and O–H groups in total. The van der Waals surface area contributed by atoms with E-state index in [2.05, 4.69) is 6.58 Å². The lowest BCUT2D eigenvalue weighted by Crippen LogP contribution is -2.30. The van der Waals surface area contributed by atoms with Crippen LogP contribution in [0.2, 0.25) is 0 Å². The molecule has 0 fully saturated rings. The van der Waals surface area contributed by atoms with Crippen LogP contribution in [0.4, 0.5) is 0 Å². The second-order valence-electron chi connectivity index (χ2n) is 3.04. The van der Waals surface area contributed by atoms with Crippen LogP contribution in [-0.2, 0) is 9.53 Å². The molecule has 0 rings (SSSR count). The van der Waals surface area contributed by atoms with Gasteiger partial charge >= 0.3 is 0 Å². The first-order chi connectivity index (χ1) is 6.22. The van der Waals surface area contributed by atoms with E-state index in [0.29, 0.717) is 19.4 Å². The zero-order chi connectivity index (χ0) is 10.1. The number of methoxy groups -OCH3 is 1. The Hall–Kier alpha value is -0.670. The molecule has 0 spiro atoms. The van der Waals surface area contributed by atoms with Gasteiger partial charge in [0, 0.05) is 20.1 Å². The lowest BCUT2D eigenvalue weighted by Gasteiger charge is -2.08. The average molecular weight is 185 g/mol. The molecule has 0 heterocycles. The highest BCUT2D eigenvalue weighted by atomic mass is 16.5. The number of allylic oxidation sites excluding steroid dienone is 1. The molecule has 1 unspecified atom stereocenters. The fourth-order valence-electron chi connectivity index (χ4n) is 1.04. The Morgan fingerprint density at radius 2 is 2.38 bits per heavy atom. The zero-order valence-electron chi connectivity index (χ0n) is 8.29. The molecular weight excluding hydrogens is 166 g/mol. The Morgan fingerprint density at radius 3 is 2.92 bits per heavy atom. The largest absolute Gasteiger partial charge is 0.385 e. The minimum atomic E-state index is -0.324. The fourth-order valence-corrected chi connectivity index (χ4v) is 1.04. The molecule has 3 nitrogen and oxygen atoms in total. The maximum absolute atomic E-state index is 11.3. The number of hydrogen-bond acceptors (Lipinski definition) is 3. The highest BCUT2D eigenvalue weighted by Crippen LogP contribution is 2.01. The van der Waals surface area contributed by atoms with Gasteiger partial charge in [-0.05, 0) is 19.3 Å². The molecule has 13 heavy (non-hydrogen) atoms. The van der Waals surface area contributed by atoms with Gasteiger partial charge in [-0.3, -0.25) is 4.79 Å². The molecule has 0 radical (unpaired) electrons. The zero-order valence-corrected chi connectivity index (χ0v) is 8.29. The van der Waals surface area contributed by atoms with E-state index in [9.17, 15) is 4.79 Å². The van der Waals surface area contributed by atoms with Crippen molar-refractivity contribution in [1.82, 2.24) is 0 Å².